The largest absolute Gasteiger partial charge is 0.462 e. The lowest BCUT2D eigenvalue weighted by Gasteiger charge is -2.22. The number of carbonyl (C=O) groups is 2. The molecule has 0 aliphatic rings. The molecule has 3 aromatic heterocycles. The van der Waals surface area contributed by atoms with Gasteiger partial charge in [0.25, 0.3) is 0 Å². The van der Waals surface area contributed by atoms with Gasteiger partial charge in [-0.1, -0.05) is 36.4 Å². The highest BCUT2D eigenvalue weighted by molar-refractivity contribution is 7.13. The number of alkyl halides is 3. The van der Waals surface area contributed by atoms with Crippen LogP contribution < -0.4 is 16.1 Å². The molecule has 244 valence electrons. The van der Waals surface area contributed by atoms with Crippen molar-refractivity contribution < 1.29 is 32.6 Å². The molecule has 0 radical (unpaired) electrons. The second-order valence-electron chi connectivity index (χ2n) is 10.4. The van der Waals surface area contributed by atoms with Crippen molar-refractivity contribution in [3.63, 3.8) is 0 Å². The topological polar surface area (TPSA) is 135 Å². The third kappa shape index (κ3) is 7.34. The summed E-state index contributed by atoms with van der Waals surface area (Å²) in [4.78, 5) is 47.0. The number of hydrogen-bond acceptors (Lipinski definition) is 8. The number of anilines is 1. The molecule has 5 rings (SSSR count). The molecule has 5 aromatic rings. The second kappa shape index (κ2) is 14.1. The van der Waals surface area contributed by atoms with Crippen LogP contribution in [-0.2, 0) is 17.3 Å². The van der Waals surface area contributed by atoms with Gasteiger partial charge in [0.15, 0.2) is 5.69 Å². The lowest BCUT2D eigenvalue weighted by atomic mass is 9.98. The number of carbonyl (C=O) groups excluding carboxylic acids is 2. The quantitative estimate of drug-likeness (QED) is 0.149. The monoisotopic (exact) mass is 665 g/mol. The van der Waals surface area contributed by atoms with Crippen LogP contribution >= 0.6 is 11.3 Å². The Balaban J connectivity index is 1.70. The maximum Gasteiger partial charge on any atom is 0.434 e. The van der Waals surface area contributed by atoms with Crippen molar-refractivity contribution in [3.8, 4) is 21.7 Å². The van der Waals surface area contributed by atoms with Crippen LogP contribution in [0.1, 0.15) is 41.5 Å². The van der Waals surface area contributed by atoms with Crippen molar-refractivity contribution in [2.75, 3.05) is 25.1 Å². The molecular formula is C33H30F3N5O5S. The van der Waals surface area contributed by atoms with Crippen LogP contribution in [0.5, 0.6) is 0 Å². The van der Waals surface area contributed by atoms with Gasteiger partial charge in [-0.25, -0.2) is 19.6 Å². The van der Waals surface area contributed by atoms with Gasteiger partial charge >= 0.3 is 18.2 Å². The van der Waals surface area contributed by atoms with Crippen molar-refractivity contribution in [3.05, 3.63) is 99.4 Å². The number of rotatable bonds is 10. The van der Waals surface area contributed by atoms with Crippen molar-refractivity contribution in [1.82, 2.24) is 19.9 Å². The first-order valence-electron chi connectivity index (χ1n) is 14.6. The van der Waals surface area contributed by atoms with Crippen molar-refractivity contribution in [2.24, 2.45) is 0 Å². The third-order valence-electron chi connectivity index (χ3n) is 7.26. The van der Waals surface area contributed by atoms with E-state index in [9.17, 15) is 32.7 Å². The molecule has 0 unspecified atom stereocenters. The number of esters is 1. The lowest BCUT2D eigenvalue weighted by molar-refractivity contribution is -0.140. The van der Waals surface area contributed by atoms with E-state index in [-0.39, 0.29) is 40.6 Å². The van der Waals surface area contributed by atoms with Crippen LogP contribution in [0.2, 0.25) is 0 Å². The van der Waals surface area contributed by atoms with E-state index in [0.717, 1.165) is 22.3 Å². The van der Waals surface area contributed by atoms with Gasteiger partial charge < -0.3 is 19.7 Å². The first-order chi connectivity index (χ1) is 22.5. The number of pyridine rings is 2. The Kier molecular flexibility index (Phi) is 10.0. The van der Waals surface area contributed by atoms with E-state index in [1.165, 1.54) is 24.5 Å². The van der Waals surface area contributed by atoms with Crippen LogP contribution in [-0.4, -0.2) is 51.4 Å². The summed E-state index contributed by atoms with van der Waals surface area (Å²) >= 11 is 0.763. The molecule has 1 atom stereocenters. The molecule has 14 heteroatoms. The molecule has 2 aromatic carbocycles. The number of nitrogens with zero attached hydrogens (tertiary/aromatic N) is 3. The molecule has 0 fully saturated rings. The average Bonchev–Trinajstić information content (AvgIpc) is 3.56. The van der Waals surface area contributed by atoms with Gasteiger partial charge in [0.2, 0.25) is 5.43 Å². The normalized spacial score (nSPS) is 12.1. The van der Waals surface area contributed by atoms with Crippen LogP contribution in [0.3, 0.4) is 0 Å². The number of hydrogen-bond donors (Lipinski definition) is 3. The zero-order chi connectivity index (χ0) is 33.7. The summed E-state index contributed by atoms with van der Waals surface area (Å²) in [5.41, 5.74) is 0.348. The molecule has 0 aliphatic heterocycles. The lowest BCUT2D eigenvalue weighted by Crippen LogP contribution is -2.28. The predicted molar refractivity (Wildman–Crippen MR) is 172 cm³/mol. The van der Waals surface area contributed by atoms with E-state index >= 15 is 0 Å². The summed E-state index contributed by atoms with van der Waals surface area (Å²) in [6.45, 7) is 3.40. The minimum absolute atomic E-state index is 0.00895. The van der Waals surface area contributed by atoms with Crippen molar-refractivity contribution in [2.45, 2.75) is 32.5 Å². The second-order valence-corrected chi connectivity index (χ2v) is 11.3. The summed E-state index contributed by atoms with van der Waals surface area (Å²) < 4.78 is 47.3. The molecule has 2 amide bonds. The Hall–Kier alpha value is -5.08. The number of benzene rings is 2. The zero-order valence-corrected chi connectivity index (χ0v) is 26.1. The fourth-order valence-corrected chi connectivity index (χ4v) is 5.95. The Morgan fingerprint density at radius 3 is 2.51 bits per heavy atom. The third-order valence-corrected chi connectivity index (χ3v) is 8.14. The summed E-state index contributed by atoms with van der Waals surface area (Å²) in [7, 11) is 0. The average molecular weight is 666 g/mol. The van der Waals surface area contributed by atoms with Crippen LogP contribution in [0.15, 0.2) is 77.2 Å². The fraction of sp³-hybridized carbons (Fsp3) is 0.242. The molecule has 0 saturated carbocycles. The minimum Gasteiger partial charge on any atom is -0.462 e. The molecule has 10 nitrogen and oxygen atoms in total. The number of ether oxygens (including phenoxy) is 1. The number of aromatic nitrogens is 3. The van der Waals surface area contributed by atoms with Gasteiger partial charge in [-0.3, -0.25) is 10.1 Å². The van der Waals surface area contributed by atoms with Gasteiger partial charge in [-0.2, -0.15) is 13.2 Å². The number of urea groups is 1. The molecule has 0 bridgehead atoms. The number of thiazole rings is 1. The summed E-state index contributed by atoms with van der Waals surface area (Å²) in [5.74, 6) is -0.765. The first-order valence-corrected chi connectivity index (χ1v) is 15.5. The van der Waals surface area contributed by atoms with Gasteiger partial charge in [-0.05, 0) is 49.6 Å². The van der Waals surface area contributed by atoms with E-state index in [4.69, 9.17) is 4.74 Å². The van der Waals surface area contributed by atoms with Crippen LogP contribution in [0, 0.1) is 0 Å². The zero-order valence-electron chi connectivity index (χ0n) is 25.3. The maximum atomic E-state index is 13.8. The van der Waals surface area contributed by atoms with Crippen LogP contribution in [0.4, 0.5) is 23.8 Å². The van der Waals surface area contributed by atoms with Crippen LogP contribution in [0.25, 0.3) is 32.6 Å². The number of aliphatic hydroxyl groups is 1. The molecule has 0 spiro atoms. The van der Waals surface area contributed by atoms with E-state index in [2.05, 4.69) is 20.6 Å². The Morgan fingerprint density at radius 2 is 1.85 bits per heavy atom. The Labute approximate surface area is 270 Å². The molecule has 3 N–H and O–H groups in total. The molecular weight excluding hydrogens is 635 g/mol. The summed E-state index contributed by atoms with van der Waals surface area (Å²) in [5, 5.41) is 16.6. The van der Waals surface area contributed by atoms with Crippen molar-refractivity contribution >= 4 is 40.1 Å². The van der Waals surface area contributed by atoms with E-state index in [1.807, 2.05) is 30.3 Å². The fourth-order valence-electron chi connectivity index (χ4n) is 5.10. The number of amides is 2. The number of nitrogens with one attached hydrogen (secondary N) is 2. The molecule has 0 aliphatic carbocycles. The highest BCUT2D eigenvalue weighted by Gasteiger charge is 2.34. The summed E-state index contributed by atoms with van der Waals surface area (Å²) in [6, 6.07) is 14.5. The number of fused-ring (bicyclic) bond motifs is 1. The van der Waals surface area contributed by atoms with E-state index in [0.29, 0.717) is 29.6 Å². The summed E-state index contributed by atoms with van der Waals surface area (Å²) in [6.07, 6.45) is -1.54. The predicted octanol–water partition coefficient (Wildman–Crippen LogP) is 6.30. The molecule has 3 heterocycles. The number of halogens is 3. The molecule has 47 heavy (non-hydrogen) atoms. The Morgan fingerprint density at radius 1 is 1.09 bits per heavy atom. The van der Waals surface area contributed by atoms with Gasteiger partial charge in [-0.15, -0.1) is 11.3 Å². The minimum atomic E-state index is -4.68. The van der Waals surface area contributed by atoms with Crippen molar-refractivity contribution in [1.29, 1.82) is 0 Å². The van der Waals surface area contributed by atoms with Gasteiger partial charge in [0, 0.05) is 40.8 Å². The highest BCUT2D eigenvalue weighted by atomic mass is 32.1. The van der Waals surface area contributed by atoms with Gasteiger partial charge in [0.1, 0.15) is 16.4 Å². The SMILES string of the molecule is CCNC(=O)Nc1cc(-c2nc(C(F)(F)F)cs2)c(-c2ccc3c(c2)c(=O)c(C(=O)OCC)cn3[C@H](CO)Cc2ccccc2)cn1. The highest BCUT2D eigenvalue weighted by Crippen LogP contribution is 2.39. The Bertz CT molecular complexity index is 1980. The van der Waals surface area contributed by atoms with Gasteiger partial charge in [0.05, 0.1) is 24.8 Å². The standard InChI is InChI=1S/C33H30F3N5O5S/c1-3-37-32(45)40-28-14-22(30-39-27(18-47-30)33(34,35)36)24(15-38-28)20-10-11-26-23(13-20)29(43)25(31(44)46-4-2)16-41(26)21(17-42)12-19-8-6-5-7-9-19/h5-11,13-16,18,21,42H,3-4,12,17H2,1-2H3,(H2,37,38,40,45)/t21-/m0/s1. The first kappa shape index (κ1) is 33.3. The van der Waals surface area contributed by atoms with E-state index < -0.39 is 35.3 Å². The maximum absolute atomic E-state index is 13.8. The number of aliphatic hydroxyl groups excluding tert-OH is 1. The molecule has 0 saturated heterocycles. The van der Waals surface area contributed by atoms with E-state index in [1.54, 1.807) is 30.5 Å². The smallest absolute Gasteiger partial charge is 0.434 e.